The molecule has 0 radical (unpaired) electrons. The molecule has 1 saturated carbocycles. The van der Waals surface area contributed by atoms with E-state index >= 15 is 0 Å². The zero-order valence-corrected chi connectivity index (χ0v) is 16.1. The maximum Gasteiger partial charge on any atom is 0.261 e. The van der Waals surface area contributed by atoms with Crippen LogP contribution in [0.15, 0.2) is 42.5 Å². The van der Waals surface area contributed by atoms with Crippen LogP contribution in [0.1, 0.15) is 31.2 Å². The van der Waals surface area contributed by atoms with Gasteiger partial charge in [-0.2, -0.15) is 0 Å². The van der Waals surface area contributed by atoms with Crippen LogP contribution in [0.2, 0.25) is 0 Å². The lowest BCUT2D eigenvalue weighted by molar-refractivity contribution is -0.136. The number of para-hydroxylation sites is 2. The molecule has 28 heavy (non-hydrogen) atoms. The van der Waals surface area contributed by atoms with E-state index < -0.39 is 0 Å². The molecule has 1 aliphatic heterocycles. The predicted molar refractivity (Wildman–Crippen MR) is 104 cm³/mol. The molecule has 6 heteroatoms. The van der Waals surface area contributed by atoms with Crippen LogP contribution in [0, 0.1) is 0 Å². The molecule has 0 bridgehead atoms. The number of hydrogen-bond acceptors (Lipinski definition) is 5. The molecule has 0 spiro atoms. The molecular formula is C22H25NO5. The fourth-order valence-corrected chi connectivity index (χ4v) is 3.83. The second kappa shape index (κ2) is 8.42. The zero-order valence-electron chi connectivity index (χ0n) is 16.1. The SMILES string of the molecule is COc1ccccc1OCC(=O)N(Cc1ccc2c(c1)OCO2)C1CCCC1. The summed E-state index contributed by atoms with van der Waals surface area (Å²) in [4.78, 5) is 15.0. The van der Waals surface area contributed by atoms with Crippen molar-refractivity contribution in [3.63, 3.8) is 0 Å². The van der Waals surface area contributed by atoms with Gasteiger partial charge >= 0.3 is 0 Å². The molecule has 0 atom stereocenters. The van der Waals surface area contributed by atoms with Crippen LogP contribution in [0.3, 0.4) is 0 Å². The van der Waals surface area contributed by atoms with Crippen molar-refractivity contribution in [2.75, 3.05) is 20.5 Å². The number of amides is 1. The summed E-state index contributed by atoms with van der Waals surface area (Å²) in [5.41, 5.74) is 1.03. The number of ether oxygens (including phenoxy) is 4. The van der Waals surface area contributed by atoms with Crippen LogP contribution in [-0.4, -0.2) is 37.4 Å². The van der Waals surface area contributed by atoms with Crippen molar-refractivity contribution in [3.05, 3.63) is 48.0 Å². The van der Waals surface area contributed by atoms with Crippen molar-refractivity contribution in [2.24, 2.45) is 0 Å². The molecule has 2 aliphatic rings. The lowest BCUT2D eigenvalue weighted by atomic mass is 10.1. The summed E-state index contributed by atoms with van der Waals surface area (Å²) in [6, 6.07) is 13.5. The molecule has 1 amide bonds. The number of nitrogens with zero attached hydrogens (tertiary/aromatic N) is 1. The Kier molecular flexibility index (Phi) is 5.55. The van der Waals surface area contributed by atoms with Gasteiger partial charge in [0.05, 0.1) is 7.11 Å². The van der Waals surface area contributed by atoms with Gasteiger partial charge in [0.15, 0.2) is 29.6 Å². The highest BCUT2D eigenvalue weighted by Gasteiger charge is 2.28. The van der Waals surface area contributed by atoms with Gasteiger partial charge in [-0.15, -0.1) is 0 Å². The summed E-state index contributed by atoms with van der Waals surface area (Å²) in [6.45, 7) is 0.771. The Bertz CT molecular complexity index is 831. The standard InChI is InChI=1S/C22H25NO5/c1-25-18-8-4-5-9-19(18)26-14-22(24)23(17-6-2-3-7-17)13-16-10-11-20-21(12-16)28-15-27-20/h4-5,8-12,17H,2-3,6-7,13-15H2,1H3. The van der Waals surface area contributed by atoms with Crippen molar-refractivity contribution in [1.29, 1.82) is 0 Å². The van der Waals surface area contributed by atoms with E-state index in [9.17, 15) is 4.79 Å². The Morgan fingerprint density at radius 1 is 1.07 bits per heavy atom. The molecule has 0 N–H and O–H groups in total. The Labute approximate surface area is 165 Å². The highest BCUT2D eigenvalue weighted by atomic mass is 16.7. The lowest BCUT2D eigenvalue weighted by Crippen LogP contribution is -2.41. The predicted octanol–water partition coefficient (Wildman–Crippen LogP) is 3.77. The summed E-state index contributed by atoms with van der Waals surface area (Å²) < 4.78 is 21.9. The maximum absolute atomic E-state index is 13.0. The molecule has 4 rings (SSSR count). The average Bonchev–Trinajstić information content (AvgIpc) is 3.41. The van der Waals surface area contributed by atoms with E-state index in [1.807, 2.05) is 47.4 Å². The first-order valence-corrected chi connectivity index (χ1v) is 9.68. The fourth-order valence-electron chi connectivity index (χ4n) is 3.83. The van der Waals surface area contributed by atoms with Gasteiger partial charge in [-0.1, -0.05) is 31.0 Å². The van der Waals surface area contributed by atoms with E-state index in [-0.39, 0.29) is 25.3 Å². The van der Waals surface area contributed by atoms with E-state index in [1.54, 1.807) is 7.11 Å². The van der Waals surface area contributed by atoms with E-state index in [2.05, 4.69) is 0 Å². The molecule has 1 fully saturated rings. The molecule has 1 aliphatic carbocycles. The van der Waals surface area contributed by atoms with Gasteiger partial charge in [-0.25, -0.2) is 0 Å². The third-order valence-corrected chi connectivity index (χ3v) is 5.30. The van der Waals surface area contributed by atoms with Gasteiger partial charge in [0.1, 0.15) is 0 Å². The highest BCUT2D eigenvalue weighted by molar-refractivity contribution is 5.78. The summed E-state index contributed by atoms with van der Waals surface area (Å²) in [5, 5.41) is 0. The highest BCUT2D eigenvalue weighted by Crippen LogP contribution is 2.34. The summed E-state index contributed by atoms with van der Waals surface area (Å²) in [6.07, 6.45) is 4.38. The Morgan fingerprint density at radius 2 is 1.82 bits per heavy atom. The Morgan fingerprint density at radius 3 is 2.61 bits per heavy atom. The van der Waals surface area contributed by atoms with E-state index in [4.69, 9.17) is 18.9 Å². The van der Waals surface area contributed by atoms with Crippen LogP contribution < -0.4 is 18.9 Å². The number of hydrogen-bond donors (Lipinski definition) is 0. The minimum Gasteiger partial charge on any atom is -0.493 e. The van der Waals surface area contributed by atoms with E-state index in [0.717, 1.165) is 42.7 Å². The number of benzene rings is 2. The van der Waals surface area contributed by atoms with Crippen LogP contribution >= 0.6 is 0 Å². The van der Waals surface area contributed by atoms with Crippen molar-refractivity contribution < 1.29 is 23.7 Å². The minimum absolute atomic E-state index is 0.0125. The normalized spacial score (nSPS) is 15.5. The largest absolute Gasteiger partial charge is 0.493 e. The fraction of sp³-hybridized carbons (Fsp3) is 0.409. The monoisotopic (exact) mass is 383 g/mol. The molecule has 6 nitrogen and oxygen atoms in total. The topological polar surface area (TPSA) is 57.2 Å². The summed E-state index contributed by atoms with van der Waals surface area (Å²) in [5.74, 6) is 2.67. The van der Waals surface area contributed by atoms with Gasteiger partial charge < -0.3 is 23.8 Å². The molecule has 148 valence electrons. The summed E-state index contributed by atoms with van der Waals surface area (Å²) in [7, 11) is 1.59. The van der Waals surface area contributed by atoms with Gasteiger partial charge in [0, 0.05) is 12.6 Å². The number of carbonyl (C=O) groups is 1. The van der Waals surface area contributed by atoms with Crippen LogP contribution in [0.25, 0.3) is 0 Å². The second-order valence-corrected chi connectivity index (χ2v) is 7.09. The van der Waals surface area contributed by atoms with Crippen LogP contribution in [0.5, 0.6) is 23.0 Å². The average molecular weight is 383 g/mol. The van der Waals surface area contributed by atoms with Crippen molar-refractivity contribution in [3.8, 4) is 23.0 Å². The first kappa shape index (κ1) is 18.5. The van der Waals surface area contributed by atoms with Crippen LogP contribution in [-0.2, 0) is 11.3 Å². The first-order valence-electron chi connectivity index (χ1n) is 9.68. The Balaban J connectivity index is 1.47. The zero-order chi connectivity index (χ0) is 19.3. The Hall–Kier alpha value is -2.89. The quantitative estimate of drug-likeness (QED) is 0.728. The number of fused-ring (bicyclic) bond motifs is 1. The molecule has 0 saturated heterocycles. The van der Waals surface area contributed by atoms with Gasteiger partial charge in [-0.05, 0) is 42.7 Å². The van der Waals surface area contributed by atoms with Gasteiger partial charge in [-0.3, -0.25) is 4.79 Å². The minimum atomic E-state index is -0.0181. The van der Waals surface area contributed by atoms with Crippen molar-refractivity contribution in [2.45, 2.75) is 38.3 Å². The van der Waals surface area contributed by atoms with E-state index in [0.29, 0.717) is 18.0 Å². The van der Waals surface area contributed by atoms with Crippen LogP contribution in [0.4, 0.5) is 0 Å². The smallest absolute Gasteiger partial charge is 0.261 e. The van der Waals surface area contributed by atoms with E-state index in [1.165, 1.54) is 0 Å². The molecular weight excluding hydrogens is 358 g/mol. The molecule has 0 unspecified atom stereocenters. The van der Waals surface area contributed by atoms with Crippen molar-refractivity contribution in [1.82, 2.24) is 4.90 Å². The first-order chi connectivity index (χ1) is 13.7. The van der Waals surface area contributed by atoms with Gasteiger partial charge in [0.25, 0.3) is 5.91 Å². The number of rotatable bonds is 7. The molecule has 0 aromatic heterocycles. The molecule has 1 heterocycles. The molecule has 2 aromatic carbocycles. The third kappa shape index (κ3) is 4.01. The van der Waals surface area contributed by atoms with Crippen molar-refractivity contribution >= 4 is 5.91 Å². The van der Waals surface area contributed by atoms with Gasteiger partial charge in [0.2, 0.25) is 6.79 Å². The number of methoxy groups -OCH3 is 1. The lowest BCUT2D eigenvalue weighted by Gasteiger charge is -2.29. The second-order valence-electron chi connectivity index (χ2n) is 7.09. The molecule has 2 aromatic rings. The summed E-state index contributed by atoms with van der Waals surface area (Å²) >= 11 is 0. The third-order valence-electron chi connectivity index (χ3n) is 5.30. The number of carbonyl (C=O) groups excluding carboxylic acids is 1. The maximum atomic E-state index is 13.0.